The third-order valence-electron chi connectivity index (χ3n) is 3.79. The third-order valence-corrected chi connectivity index (χ3v) is 3.79. The molecular formula is C18H35NO3. The fraction of sp³-hybridized carbons (Fsp3) is 0.889. The quantitative estimate of drug-likeness (QED) is 0.277. The van der Waals surface area contributed by atoms with Gasteiger partial charge in [0.15, 0.2) is 0 Å². The van der Waals surface area contributed by atoms with Crippen LogP contribution in [0, 0.1) is 0 Å². The molecule has 0 bridgehead atoms. The van der Waals surface area contributed by atoms with Crippen LogP contribution in [-0.2, 0) is 14.3 Å². The van der Waals surface area contributed by atoms with Crippen molar-refractivity contribution in [3.05, 3.63) is 0 Å². The van der Waals surface area contributed by atoms with E-state index in [2.05, 4.69) is 12.2 Å². The molecule has 0 saturated carbocycles. The molecule has 0 aromatic heterocycles. The summed E-state index contributed by atoms with van der Waals surface area (Å²) in [5, 5.41) is 2.85. The summed E-state index contributed by atoms with van der Waals surface area (Å²) in [5.74, 6) is -0.806. The lowest BCUT2D eigenvalue weighted by Gasteiger charge is -2.04. The Morgan fingerprint density at radius 2 is 1.18 bits per heavy atom. The molecule has 0 spiro atoms. The normalized spacial score (nSPS) is 10.6. The number of rotatable bonds is 15. The molecular weight excluding hydrogens is 278 g/mol. The van der Waals surface area contributed by atoms with Crippen LogP contribution in [0.1, 0.15) is 90.4 Å². The zero-order valence-corrected chi connectivity index (χ0v) is 14.6. The van der Waals surface area contributed by atoms with Gasteiger partial charge in [-0.25, -0.2) is 0 Å². The number of hydrogen-bond donors (Lipinski definition) is 1. The molecule has 0 aromatic rings. The Morgan fingerprint density at radius 3 is 1.68 bits per heavy atom. The summed E-state index contributed by atoms with van der Waals surface area (Å²) in [5.41, 5.74) is 0. The summed E-state index contributed by atoms with van der Waals surface area (Å²) in [4.78, 5) is 22.6. The average Bonchev–Trinajstić information content (AvgIpc) is 2.50. The van der Waals surface area contributed by atoms with E-state index >= 15 is 0 Å². The molecule has 0 radical (unpaired) electrons. The van der Waals surface area contributed by atoms with E-state index in [1.54, 1.807) is 7.05 Å². The molecule has 22 heavy (non-hydrogen) atoms. The van der Waals surface area contributed by atoms with Crippen molar-refractivity contribution in [3.8, 4) is 0 Å². The van der Waals surface area contributed by atoms with Gasteiger partial charge in [-0.2, -0.15) is 0 Å². The summed E-state index contributed by atoms with van der Waals surface area (Å²) < 4.78 is 4.73. The first-order valence-electron chi connectivity index (χ1n) is 9.08. The van der Waals surface area contributed by atoms with Crippen LogP contribution in [0.3, 0.4) is 0 Å². The Morgan fingerprint density at radius 1 is 0.727 bits per heavy atom. The molecule has 0 aliphatic heterocycles. The van der Waals surface area contributed by atoms with Crippen LogP contribution in [0.4, 0.5) is 0 Å². The van der Waals surface area contributed by atoms with Gasteiger partial charge in [0.2, 0.25) is 0 Å². The van der Waals surface area contributed by atoms with Gasteiger partial charge < -0.3 is 10.1 Å². The van der Waals surface area contributed by atoms with E-state index in [0.717, 1.165) is 12.8 Å². The Kier molecular flexibility index (Phi) is 15.8. The van der Waals surface area contributed by atoms with Crippen LogP contribution < -0.4 is 5.32 Å². The largest absolute Gasteiger partial charge is 0.393 e. The minimum atomic E-state index is -0.428. The van der Waals surface area contributed by atoms with Crippen LogP contribution in [-0.4, -0.2) is 25.5 Å². The van der Waals surface area contributed by atoms with Gasteiger partial charge in [-0.15, -0.1) is 0 Å². The standard InChI is InChI=1S/C18H35NO3/c1-3-4-5-6-7-8-9-10-11-12-13-14-17(20)22-18(21)15-16-19-2/h19H,3-16H2,1-2H3. The van der Waals surface area contributed by atoms with E-state index in [0.29, 0.717) is 13.0 Å². The highest BCUT2D eigenvalue weighted by Gasteiger charge is 2.09. The van der Waals surface area contributed by atoms with Crippen molar-refractivity contribution >= 4 is 11.9 Å². The highest BCUT2D eigenvalue weighted by molar-refractivity contribution is 5.85. The van der Waals surface area contributed by atoms with E-state index in [-0.39, 0.29) is 12.4 Å². The predicted octanol–water partition coefficient (Wildman–Crippen LogP) is 4.37. The zero-order valence-electron chi connectivity index (χ0n) is 14.6. The van der Waals surface area contributed by atoms with Gasteiger partial charge >= 0.3 is 11.9 Å². The van der Waals surface area contributed by atoms with Gasteiger partial charge in [-0.05, 0) is 13.5 Å². The molecule has 0 fully saturated rings. The molecule has 0 unspecified atom stereocenters. The minimum Gasteiger partial charge on any atom is -0.393 e. The lowest BCUT2D eigenvalue weighted by atomic mass is 10.1. The van der Waals surface area contributed by atoms with Gasteiger partial charge in [0.25, 0.3) is 0 Å². The number of esters is 2. The summed E-state index contributed by atoms with van der Waals surface area (Å²) in [6.07, 6.45) is 14.4. The molecule has 4 heteroatoms. The van der Waals surface area contributed by atoms with Gasteiger partial charge in [-0.1, -0.05) is 71.1 Å². The Balaban J connectivity index is 3.25. The molecule has 0 amide bonds. The van der Waals surface area contributed by atoms with E-state index in [9.17, 15) is 9.59 Å². The van der Waals surface area contributed by atoms with E-state index in [4.69, 9.17) is 4.74 Å². The van der Waals surface area contributed by atoms with E-state index in [1.807, 2.05) is 0 Å². The maximum Gasteiger partial charge on any atom is 0.314 e. The molecule has 0 aliphatic carbocycles. The van der Waals surface area contributed by atoms with Gasteiger partial charge in [-0.3, -0.25) is 9.59 Å². The van der Waals surface area contributed by atoms with Crippen molar-refractivity contribution in [2.45, 2.75) is 90.4 Å². The van der Waals surface area contributed by atoms with Crippen LogP contribution >= 0.6 is 0 Å². The van der Waals surface area contributed by atoms with Gasteiger partial charge in [0.05, 0.1) is 6.42 Å². The van der Waals surface area contributed by atoms with Crippen molar-refractivity contribution < 1.29 is 14.3 Å². The fourth-order valence-electron chi connectivity index (χ4n) is 2.39. The Labute approximate surface area is 136 Å². The number of hydrogen-bond acceptors (Lipinski definition) is 4. The molecule has 0 heterocycles. The topological polar surface area (TPSA) is 55.4 Å². The minimum absolute atomic E-state index is 0.250. The molecule has 0 aromatic carbocycles. The monoisotopic (exact) mass is 313 g/mol. The van der Waals surface area contributed by atoms with Crippen molar-refractivity contribution in [3.63, 3.8) is 0 Å². The van der Waals surface area contributed by atoms with Crippen molar-refractivity contribution in [2.24, 2.45) is 0 Å². The van der Waals surface area contributed by atoms with Crippen LogP contribution in [0.25, 0.3) is 0 Å². The van der Waals surface area contributed by atoms with Crippen LogP contribution in [0.2, 0.25) is 0 Å². The molecule has 0 atom stereocenters. The smallest absolute Gasteiger partial charge is 0.314 e. The Hall–Kier alpha value is -0.900. The maximum absolute atomic E-state index is 11.4. The molecule has 0 aliphatic rings. The first-order valence-corrected chi connectivity index (χ1v) is 9.08. The van der Waals surface area contributed by atoms with Gasteiger partial charge in [0.1, 0.15) is 0 Å². The highest BCUT2D eigenvalue weighted by Crippen LogP contribution is 2.12. The lowest BCUT2D eigenvalue weighted by molar-refractivity contribution is -0.159. The fourth-order valence-corrected chi connectivity index (χ4v) is 2.39. The van der Waals surface area contributed by atoms with Crippen molar-refractivity contribution in [1.82, 2.24) is 5.32 Å². The number of unbranched alkanes of at least 4 members (excludes halogenated alkanes) is 10. The van der Waals surface area contributed by atoms with Gasteiger partial charge in [0, 0.05) is 13.0 Å². The van der Waals surface area contributed by atoms with E-state index < -0.39 is 5.97 Å². The number of ether oxygens (including phenoxy) is 1. The second-order valence-corrected chi connectivity index (χ2v) is 5.99. The molecule has 130 valence electrons. The van der Waals surface area contributed by atoms with Crippen LogP contribution in [0.5, 0.6) is 0 Å². The maximum atomic E-state index is 11.4. The lowest BCUT2D eigenvalue weighted by Crippen LogP contribution is -2.17. The summed E-state index contributed by atoms with van der Waals surface area (Å²) in [7, 11) is 1.76. The number of carbonyl (C=O) groups is 2. The summed E-state index contributed by atoms with van der Waals surface area (Å²) >= 11 is 0. The molecule has 0 saturated heterocycles. The summed E-state index contributed by atoms with van der Waals surface area (Å²) in [6, 6.07) is 0. The number of nitrogens with one attached hydrogen (secondary N) is 1. The molecule has 0 rings (SSSR count). The Bertz CT molecular complexity index is 280. The highest BCUT2D eigenvalue weighted by atomic mass is 16.6. The second-order valence-electron chi connectivity index (χ2n) is 5.99. The molecule has 1 N–H and O–H groups in total. The average molecular weight is 313 g/mol. The molecule has 4 nitrogen and oxygen atoms in total. The summed E-state index contributed by atoms with van der Waals surface area (Å²) in [6.45, 7) is 2.79. The zero-order chi connectivity index (χ0) is 16.5. The van der Waals surface area contributed by atoms with Crippen molar-refractivity contribution in [2.75, 3.05) is 13.6 Å². The van der Waals surface area contributed by atoms with E-state index in [1.165, 1.54) is 57.8 Å². The number of carbonyl (C=O) groups excluding carboxylic acids is 2. The third kappa shape index (κ3) is 15.5. The van der Waals surface area contributed by atoms with Crippen LogP contribution in [0.15, 0.2) is 0 Å². The predicted molar refractivity (Wildman–Crippen MR) is 90.7 cm³/mol. The van der Waals surface area contributed by atoms with Crippen molar-refractivity contribution in [1.29, 1.82) is 0 Å². The SMILES string of the molecule is CCCCCCCCCCCCCC(=O)OC(=O)CCNC. The first kappa shape index (κ1) is 21.1. The second kappa shape index (κ2) is 16.5. The first-order chi connectivity index (χ1) is 10.7.